The molecule has 0 aliphatic carbocycles. The molecule has 0 unspecified atom stereocenters. The van der Waals surface area contributed by atoms with Crippen LogP contribution in [0, 0.1) is 6.92 Å². The highest BCUT2D eigenvalue weighted by molar-refractivity contribution is 5.83. The number of nitrogens with zero attached hydrogens (tertiary/aromatic N) is 1. The van der Waals surface area contributed by atoms with Crippen molar-refractivity contribution in [3.05, 3.63) is 248 Å². The zero-order valence-electron chi connectivity index (χ0n) is 36.0. The molecule has 9 rings (SSSR count). The number of aryl methyl sites for hydroxylation is 2. The van der Waals surface area contributed by atoms with Crippen LogP contribution in [0.5, 0.6) is 0 Å². The molecule has 0 atom stereocenters. The summed E-state index contributed by atoms with van der Waals surface area (Å²) >= 11 is 0. The smallest absolute Gasteiger partial charge is 0.0462 e. The molecule has 9 aromatic rings. The minimum Gasteiger partial charge on any atom is -0.311 e. The van der Waals surface area contributed by atoms with Crippen LogP contribution in [-0.2, 0) is 6.42 Å². The SMILES string of the molecule is C=CC.CCCc1ccccc1-c1cc(-c2ccc(N(c3ccc(-c4ccccc4)cc3)c3ccc(-c4ccc(-c5ccc(-c6ccccc6)cc5)cc4)cc3)cc2)ccc1C. The van der Waals surface area contributed by atoms with Crippen molar-refractivity contribution < 1.29 is 0 Å². The van der Waals surface area contributed by atoms with Crippen molar-refractivity contribution in [2.75, 3.05) is 4.90 Å². The Kier molecular flexibility index (Phi) is 13.1. The molecule has 0 amide bonds. The van der Waals surface area contributed by atoms with Crippen LogP contribution in [0.3, 0.4) is 0 Å². The molecular weight excluding hydrogens is 747 g/mol. The van der Waals surface area contributed by atoms with Crippen LogP contribution in [0.1, 0.15) is 31.4 Å². The highest BCUT2D eigenvalue weighted by Crippen LogP contribution is 2.39. The molecule has 1 nitrogen and oxygen atoms in total. The van der Waals surface area contributed by atoms with Gasteiger partial charge in [0.15, 0.2) is 0 Å². The fraction of sp³-hybridized carbons (Fsp3) is 0.0820. The van der Waals surface area contributed by atoms with Crippen LogP contribution in [0.25, 0.3) is 66.8 Å². The number of rotatable bonds is 11. The monoisotopic (exact) mass is 799 g/mol. The fourth-order valence-corrected chi connectivity index (χ4v) is 8.19. The Bertz CT molecular complexity index is 2820. The van der Waals surface area contributed by atoms with Crippen LogP contribution in [-0.4, -0.2) is 0 Å². The van der Waals surface area contributed by atoms with Gasteiger partial charge in [-0.3, -0.25) is 0 Å². The predicted molar refractivity (Wildman–Crippen MR) is 268 cm³/mol. The summed E-state index contributed by atoms with van der Waals surface area (Å²) in [7, 11) is 0. The third kappa shape index (κ3) is 9.44. The summed E-state index contributed by atoms with van der Waals surface area (Å²) in [6, 6.07) is 81.5. The average molecular weight is 800 g/mol. The lowest BCUT2D eigenvalue weighted by atomic mass is 9.91. The van der Waals surface area contributed by atoms with Gasteiger partial charge in [-0.15, -0.1) is 6.58 Å². The quantitative estimate of drug-likeness (QED) is 0.118. The highest BCUT2D eigenvalue weighted by Gasteiger charge is 2.15. The number of anilines is 3. The van der Waals surface area contributed by atoms with Gasteiger partial charge in [-0.2, -0.15) is 0 Å². The van der Waals surface area contributed by atoms with Gasteiger partial charge in [0.1, 0.15) is 0 Å². The molecule has 0 N–H and O–H groups in total. The summed E-state index contributed by atoms with van der Waals surface area (Å²) in [5.41, 5.74) is 20.8. The van der Waals surface area contributed by atoms with Gasteiger partial charge in [-0.25, -0.2) is 0 Å². The third-order valence-electron chi connectivity index (χ3n) is 11.4. The first-order chi connectivity index (χ1) is 30.5. The number of benzene rings is 9. The van der Waals surface area contributed by atoms with E-state index < -0.39 is 0 Å². The summed E-state index contributed by atoms with van der Waals surface area (Å²) in [4.78, 5) is 2.35. The first-order valence-electron chi connectivity index (χ1n) is 21.7. The molecule has 0 radical (unpaired) electrons. The minimum absolute atomic E-state index is 1.08. The van der Waals surface area contributed by atoms with Gasteiger partial charge < -0.3 is 4.90 Å². The van der Waals surface area contributed by atoms with E-state index >= 15 is 0 Å². The van der Waals surface area contributed by atoms with E-state index in [9.17, 15) is 0 Å². The first-order valence-corrected chi connectivity index (χ1v) is 21.7. The van der Waals surface area contributed by atoms with Crippen molar-refractivity contribution in [2.24, 2.45) is 0 Å². The first kappa shape index (κ1) is 41.3. The zero-order chi connectivity index (χ0) is 42.7. The van der Waals surface area contributed by atoms with E-state index in [0.717, 1.165) is 29.9 Å². The van der Waals surface area contributed by atoms with E-state index in [1.165, 1.54) is 77.9 Å². The Labute approximate surface area is 369 Å². The molecule has 0 heterocycles. The largest absolute Gasteiger partial charge is 0.311 e. The van der Waals surface area contributed by atoms with Crippen molar-refractivity contribution in [3.63, 3.8) is 0 Å². The van der Waals surface area contributed by atoms with Gasteiger partial charge in [0, 0.05) is 17.1 Å². The van der Waals surface area contributed by atoms with Gasteiger partial charge in [-0.1, -0.05) is 201 Å². The summed E-state index contributed by atoms with van der Waals surface area (Å²) in [6.45, 7) is 9.72. The van der Waals surface area contributed by atoms with Crippen molar-refractivity contribution in [1.82, 2.24) is 0 Å². The predicted octanol–water partition coefficient (Wildman–Crippen LogP) is 17.6. The Hall–Kier alpha value is -7.48. The Morgan fingerprint density at radius 1 is 0.371 bits per heavy atom. The molecular formula is C61H53N. The molecule has 0 spiro atoms. The average Bonchev–Trinajstić information content (AvgIpc) is 3.34. The van der Waals surface area contributed by atoms with Gasteiger partial charge in [0.05, 0.1) is 0 Å². The topological polar surface area (TPSA) is 3.24 Å². The molecule has 9 aromatic carbocycles. The summed E-state index contributed by atoms with van der Waals surface area (Å²) in [5.74, 6) is 0. The Morgan fingerprint density at radius 2 is 0.677 bits per heavy atom. The van der Waals surface area contributed by atoms with E-state index in [-0.39, 0.29) is 0 Å². The molecule has 0 aromatic heterocycles. The third-order valence-corrected chi connectivity index (χ3v) is 11.4. The van der Waals surface area contributed by atoms with E-state index in [0.29, 0.717) is 0 Å². The van der Waals surface area contributed by atoms with Crippen molar-refractivity contribution in [1.29, 1.82) is 0 Å². The fourth-order valence-electron chi connectivity index (χ4n) is 8.19. The lowest BCUT2D eigenvalue weighted by molar-refractivity contribution is 0.923. The zero-order valence-corrected chi connectivity index (χ0v) is 36.0. The minimum atomic E-state index is 1.08. The van der Waals surface area contributed by atoms with Crippen molar-refractivity contribution in [2.45, 2.75) is 33.6 Å². The second kappa shape index (κ2) is 19.7. The lowest BCUT2D eigenvalue weighted by Crippen LogP contribution is -2.09. The summed E-state index contributed by atoms with van der Waals surface area (Å²) < 4.78 is 0. The van der Waals surface area contributed by atoms with Gasteiger partial charge in [0.2, 0.25) is 0 Å². The standard InChI is InChI=1S/C58H47N.C3H6/c1-3-12-52-17-10-11-18-57(52)58-41-53(20-19-42(58)2)51-33-39-56(40-34-51)59(54-35-29-49(30-36-54)44-15-8-5-9-16-44)55-37-31-50(32-38-55)48-27-25-47(26-28-48)46-23-21-45(22-24-46)43-13-6-4-7-14-43;1-3-2/h4-11,13-41H,3,12H2,1-2H3;3H,1H2,2H3. The van der Waals surface area contributed by atoms with E-state index in [4.69, 9.17) is 0 Å². The molecule has 0 aliphatic rings. The second-order valence-corrected chi connectivity index (χ2v) is 15.7. The van der Waals surface area contributed by atoms with Gasteiger partial charge >= 0.3 is 0 Å². The molecule has 62 heavy (non-hydrogen) atoms. The van der Waals surface area contributed by atoms with Gasteiger partial charge in [-0.05, 0) is 141 Å². The number of hydrogen-bond acceptors (Lipinski definition) is 1. The second-order valence-electron chi connectivity index (χ2n) is 15.7. The Morgan fingerprint density at radius 3 is 1.06 bits per heavy atom. The molecule has 0 aliphatic heterocycles. The molecule has 1 heteroatoms. The van der Waals surface area contributed by atoms with Crippen molar-refractivity contribution in [3.8, 4) is 66.8 Å². The maximum Gasteiger partial charge on any atom is 0.0462 e. The summed E-state index contributed by atoms with van der Waals surface area (Å²) in [5, 5.41) is 0. The van der Waals surface area contributed by atoms with Crippen molar-refractivity contribution >= 4 is 17.1 Å². The molecule has 0 bridgehead atoms. The van der Waals surface area contributed by atoms with Crippen LogP contribution in [0.15, 0.2) is 237 Å². The van der Waals surface area contributed by atoms with Crippen LogP contribution in [0.2, 0.25) is 0 Å². The maximum absolute atomic E-state index is 3.36. The Balaban J connectivity index is 0.00000171. The summed E-state index contributed by atoms with van der Waals surface area (Å²) in [6.07, 6.45) is 3.96. The molecule has 302 valence electrons. The van der Waals surface area contributed by atoms with Gasteiger partial charge in [0.25, 0.3) is 0 Å². The van der Waals surface area contributed by atoms with Crippen LogP contribution >= 0.6 is 0 Å². The molecule has 0 saturated heterocycles. The van der Waals surface area contributed by atoms with E-state index in [2.05, 4.69) is 250 Å². The van der Waals surface area contributed by atoms with E-state index in [1.807, 2.05) is 6.92 Å². The van der Waals surface area contributed by atoms with Crippen LogP contribution in [0.4, 0.5) is 17.1 Å². The van der Waals surface area contributed by atoms with Crippen LogP contribution < -0.4 is 4.90 Å². The lowest BCUT2D eigenvalue weighted by Gasteiger charge is -2.26. The molecule has 0 fully saturated rings. The van der Waals surface area contributed by atoms with E-state index in [1.54, 1.807) is 6.08 Å². The number of hydrogen-bond donors (Lipinski definition) is 0. The highest BCUT2D eigenvalue weighted by atomic mass is 15.1. The normalized spacial score (nSPS) is 10.7. The maximum atomic E-state index is 3.36. The number of allylic oxidation sites excluding steroid dienone is 1. The molecule has 0 saturated carbocycles.